The van der Waals surface area contributed by atoms with Crippen LogP contribution in [0.1, 0.15) is 56.9 Å². The highest BCUT2D eigenvalue weighted by Gasteiger charge is 2.29. The number of methoxy groups -OCH3 is 1. The molecule has 2 aliphatic carbocycles. The van der Waals surface area contributed by atoms with E-state index in [1.54, 1.807) is 7.11 Å². The van der Waals surface area contributed by atoms with Gasteiger partial charge in [0.05, 0.1) is 26.1 Å². The van der Waals surface area contributed by atoms with Crippen molar-refractivity contribution in [2.24, 2.45) is 11.8 Å². The number of rotatable bonds is 5. The van der Waals surface area contributed by atoms with Crippen molar-refractivity contribution in [1.82, 2.24) is 0 Å². The molecule has 1 aromatic carbocycles. The smallest absolute Gasteiger partial charge is 0.0816 e. The quantitative estimate of drug-likeness (QED) is 0.670. The van der Waals surface area contributed by atoms with Crippen molar-refractivity contribution in [3.8, 4) is 0 Å². The molecule has 23 heavy (non-hydrogen) atoms. The van der Waals surface area contributed by atoms with E-state index in [-0.39, 0.29) is 0 Å². The lowest BCUT2D eigenvalue weighted by Gasteiger charge is -2.36. The van der Waals surface area contributed by atoms with Crippen molar-refractivity contribution < 1.29 is 9.47 Å². The summed E-state index contributed by atoms with van der Waals surface area (Å²) in [4.78, 5) is 0. The van der Waals surface area contributed by atoms with Gasteiger partial charge in [-0.05, 0) is 74.3 Å². The third kappa shape index (κ3) is 4.84. The molecule has 1 aromatic rings. The van der Waals surface area contributed by atoms with Gasteiger partial charge in [0.2, 0.25) is 0 Å². The summed E-state index contributed by atoms with van der Waals surface area (Å²) < 4.78 is 11.3. The van der Waals surface area contributed by atoms with Crippen molar-refractivity contribution in [3.63, 3.8) is 0 Å². The van der Waals surface area contributed by atoms with E-state index in [9.17, 15) is 0 Å². The summed E-state index contributed by atoms with van der Waals surface area (Å²) in [6, 6.07) is 10.5. The summed E-state index contributed by atoms with van der Waals surface area (Å²) in [5.41, 5.74) is 2.79. The van der Waals surface area contributed by atoms with Gasteiger partial charge in [-0.3, -0.25) is 0 Å². The Kier molecular flexibility index (Phi) is 6.15. The van der Waals surface area contributed by atoms with E-state index in [0.717, 1.165) is 18.4 Å². The van der Waals surface area contributed by atoms with Gasteiger partial charge in [0.25, 0.3) is 0 Å². The second kappa shape index (κ2) is 8.54. The van der Waals surface area contributed by atoms with Crippen LogP contribution in [0.15, 0.2) is 42.2 Å². The number of hydrogen-bond donors (Lipinski definition) is 0. The fraction of sp³-hybridized carbons (Fsp3) is 0.619. The molecule has 126 valence electrons. The van der Waals surface area contributed by atoms with E-state index < -0.39 is 0 Å². The normalized spacial score (nSPS) is 28.4. The number of hydrogen-bond acceptors (Lipinski definition) is 2. The number of benzene rings is 1. The van der Waals surface area contributed by atoms with Crippen molar-refractivity contribution in [2.75, 3.05) is 7.11 Å². The molecule has 0 bridgehead atoms. The minimum absolute atomic E-state index is 0.471. The van der Waals surface area contributed by atoms with Crippen molar-refractivity contribution in [2.45, 2.75) is 64.1 Å². The Balaban J connectivity index is 1.38. The molecule has 0 N–H and O–H groups in total. The van der Waals surface area contributed by atoms with Gasteiger partial charge in [-0.15, -0.1) is 0 Å². The minimum atomic E-state index is 0.471. The number of ether oxygens (including phenoxy) is 2. The van der Waals surface area contributed by atoms with Crippen LogP contribution in [0.5, 0.6) is 0 Å². The third-order valence-electron chi connectivity index (χ3n) is 5.67. The zero-order valence-corrected chi connectivity index (χ0v) is 14.4. The van der Waals surface area contributed by atoms with E-state index in [1.807, 2.05) is 6.26 Å². The summed E-state index contributed by atoms with van der Waals surface area (Å²) in [7, 11) is 1.76. The lowest BCUT2D eigenvalue weighted by molar-refractivity contribution is -0.000963. The zero-order valence-electron chi connectivity index (χ0n) is 14.4. The van der Waals surface area contributed by atoms with Gasteiger partial charge in [0.1, 0.15) is 0 Å². The highest BCUT2D eigenvalue weighted by atomic mass is 16.5. The Labute approximate surface area is 140 Å². The molecule has 0 heterocycles. The zero-order chi connectivity index (χ0) is 15.9. The molecular formula is C21H30O2. The van der Waals surface area contributed by atoms with Crippen LogP contribution in [0.25, 0.3) is 0 Å². The first-order chi connectivity index (χ1) is 11.3. The molecule has 0 saturated heterocycles. The highest BCUT2D eigenvalue weighted by molar-refractivity contribution is 5.13. The Morgan fingerprint density at radius 3 is 2.22 bits per heavy atom. The van der Waals surface area contributed by atoms with Crippen LogP contribution < -0.4 is 0 Å². The molecule has 0 unspecified atom stereocenters. The first-order valence-corrected chi connectivity index (χ1v) is 9.21. The average molecular weight is 314 g/mol. The summed E-state index contributed by atoms with van der Waals surface area (Å²) in [5, 5.41) is 0. The van der Waals surface area contributed by atoms with Gasteiger partial charge < -0.3 is 9.47 Å². The van der Waals surface area contributed by atoms with E-state index >= 15 is 0 Å². The first kappa shape index (κ1) is 16.6. The van der Waals surface area contributed by atoms with Gasteiger partial charge in [-0.1, -0.05) is 30.3 Å². The van der Waals surface area contributed by atoms with Crippen LogP contribution in [0.3, 0.4) is 0 Å². The molecule has 0 spiro atoms. The van der Waals surface area contributed by atoms with Gasteiger partial charge in [-0.2, -0.15) is 0 Å². The van der Waals surface area contributed by atoms with Crippen LogP contribution >= 0.6 is 0 Å². The van der Waals surface area contributed by atoms with Gasteiger partial charge in [-0.25, -0.2) is 0 Å². The minimum Gasteiger partial charge on any atom is -0.504 e. The molecule has 0 radical (unpaired) electrons. The molecule has 0 atom stereocenters. The molecule has 3 rings (SSSR count). The highest BCUT2D eigenvalue weighted by Crippen LogP contribution is 2.40. The molecule has 0 amide bonds. The second-order valence-corrected chi connectivity index (χ2v) is 7.18. The van der Waals surface area contributed by atoms with Crippen molar-refractivity contribution >= 4 is 0 Å². The SMILES string of the molecule is COC=C1CCC(C2CCC(OCc3ccccc3)CC2)CC1. The van der Waals surface area contributed by atoms with E-state index in [1.165, 1.54) is 62.5 Å². The monoisotopic (exact) mass is 314 g/mol. The van der Waals surface area contributed by atoms with Crippen LogP contribution in [0, 0.1) is 11.8 Å². The molecule has 2 nitrogen and oxygen atoms in total. The van der Waals surface area contributed by atoms with E-state index in [2.05, 4.69) is 30.3 Å². The Morgan fingerprint density at radius 1 is 0.913 bits per heavy atom. The van der Waals surface area contributed by atoms with E-state index in [0.29, 0.717) is 6.10 Å². The van der Waals surface area contributed by atoms with E-state index in [4.69, 9.17) is 9.47 Å². The average Bonchev–Trinajstić information content (AvgIpc) is 2.62. The fourth-order valence-corrected chi connectivity index (χ4v) is 4.28. The van der Waals surface area contributed by atoms with Crippen LogP contribution in [0.2, 0.25) is 0 Å². The standard InChI is InChI=1S/C21H30O2/c1-22-15-18-7-9-19(10-8-18)20-11-13-21(14-12-20)23-16-17-5-3-2-4-6-17/h2-6,15,19-21H,7-14,16H2,1H3. The molecule has 2 aliphatic rings. The number of allylic oxidation sites excluding steroid dienone is 1. The first-order valence-electron chi connectivity index (χ1n) is 9.21. The lowest BCUT2D eigenvalue weighted by Crippen LogP contribution is -2.27. The Hall–Kier alpha value is -1.28. The van der Waals surface area contributed by atoms with Crippen LogP contribution in [0.4, 0.5) is 0 Å². The maximum absolute atomic E-state index is 6.13. The van der Waals surface area contributed by atoms with Gasteiger partial charge >= 0.3 is 0 Å². The molecule has 2 saturated carbocycles. The molecule has 2 fully saturated rings. The molecular weight excluding hydrogens is 284 g/mol. The maximum atomic E-state index is 6.13. The van der Waals surface area contributed by atoms with Crippen molar-refractivity contribution in [1.29, 1.82) is 0 Å². The summed E-state index contributed by atoms with van der Waals surface area (Å²) in [5.74, 6) is 1.86. The van der Waals surface area contributed by atoms with Crippen LogP contribution in [-0.2, 0) is 16.1 Å². The molecule has 0 aromatic heterocycles. The maximum Gasteiger partial charge on any atom is 0.0816 e. The topological polar surface area (TPSA) is 18.5 Å². The summed E-state index contributed by atoms with van der Waals surface area (Å²) in [6.45, 7) is 0.769. The predicted molar refractivity (Wildman–Crippen MR) is 94.0 cm³/mol. The lowest BCUT2D eigenvalue weighted by atomic mass is 9.72. The fourth-order valence-electron chi connectivity index (χ4n) is 4.28. The van der Waals surface area contributed by atoms with Gasteiger partial charge in [0.15, 0.2) is 0 Å². The molecule has 2 heteroatoms. The summed E-state index contributed by atoms with van der Waals surface area (Å²) in [6.07, 6.45) is 12.8. The van der Waals surface area contributed by atoms with Crippen LogP contribution in [-0.4, -0.2) is 13.2 Å². The molecule has 0 aliphatic heterocycles. The third-order valence-corrected chi connectivity index (χ3v) is 5.67. The Bertz CT molecular complexity index is 476. The predicted octanol–water partition coefficient (Wildman–Crippen LogP) is 5.48. The largest absolute Gasteiger partial charge is 0.504 e. The second-order valence-electron chi connectivity index (χ2n) is 7.18. The van der Waals surface area contributed by atoms with Crippen molar-refractivity contribution in [3.05, 3.63) is 47.7 Å². The summed E-state index contributed by atoms with van der Waals surface area (Å²) >= 11 is 0. The Morgan fingerprint density at radius 2 is 1.57 bits per heavy atom. The van der Waals surface area contributed by atoms with Gasteiger partial charge in [0, 0.05) is 0 Å².